The average Bonchev–Trinajstić information content (AvgIpc) is 2.58. The van der Waals surface area contributed by atoms with E-state index in [1.54, 1.807) is 6.92 Å². The SMILES string of the molecule is CCCCCCC(C)(C#C[Si](CC)(CC)CC)N(NC(=O)O)C(=O)O. The van der Waals surface area contributed by atoms with E-state index in [0.29, 0.717) is 6.42 Å². The van der Waals surface area contributed by atoms with Gasteiger partial charge in [0, 0.05) is 0 Å². The second kappa shape index (κ2) is 11.0. The third-order valence-electron chi connectivity index (χ3n) is 5.04. The number of nitrogens with zero attached hydrogens (tertiary/aromatic N) is 1. The second-order valence-electron chi connectivity index (χ2n) is 6.71. The van der Waals surface area contributed by atoms with E-state index in [-0.39, 0.29) is 0 Å². The largest absolute Gasteiger partial charge is 0.464 e. The standard InChI is InChI=1S/C18H34N2O4Si/c1-6-10-11-12-13-18(5,20(17(23)24)19-16(21)22)14-15-25(7-2,8-3)9-4/h19H,6-13H2,1-5H3,(H,21,22)(H,23,24). The first-order chi connectivity index (χ1) is 11.7. The number of carboxylic acid groups (broad SMARTS) is 2. The van der Waals surface area contributed by atoms with Gasteiger partial charge in [-0.05, 0) is 31.5 Å². The summed E-state index contributed by atoms with van der Waals surface area (Å²) in [7, 11) is -1.76. The summed E-state index contributed by atoms with van der Waals surface area (Å²) in [4.78, 5) is 22.7. The van der Waals surface area contributed by atoms with Gasteiger partial charge in [-0.1, -0.05) is 59.3 Å². The molecule has 2 amide bonds. The van der Waals surface area contributed by atoms with Crippen molar-refractivity contribution in [2.75, 3.05) is 0 Å². The molecule has 0 rings (SSSR count). The van der Waals surface area contributed by atoms with E-state index in [1.807, 2.05) is 5.43 Å². The molecule has 0 saturated heterocycles. The van der Waals surface area contributed by atoms with Crippen LogP contribution in [-0.2, 0) is 0 Å². The van der Waals surface area contributed by atoms with E-state index < -0.39 is 25.8 Å². The Morgan fingerprint density at radius 2 is 1.60 bits per heavy atom. The lowest BCUT2D eigenvalue weighted by atomic mass is 9.94. The fraction of sp³-hybridized carbons (Fsp3) is 0.778. The van der Waals surface area contributed by atoms with Crippen LogP contribution in [0.3, 0.4) is 0 Å². The van der Waals surface area contributed by atoms with E-state index in [0.717, 1.165) is 48.8 Å². The van der Waals surface area contributed by atoms with Crippen LogP contribution in [-0.4, -0.2) is 41.0 Å². The summed E-state index contributed by atoms with van der Waals surface area (Å²) < 4.78 is 0. The van der Waals surface area contributed by atoms with Crippen LogP contribution >= 0.6 is 0 Å². The van der Waals surface area contributed by atoms with Crippen LogP contribution in [0.1, 0.15) is 66.7 Å². The van der Waals surface area contributed by atoms with E-state index >= 15 is 0 Å². The maximum absolute atomic E-state index is 11.6. The van der Waals surface area contributed by atoms with Crippen molar-refractivity contribution in [3.8, 4) is 11.5 Å². The number of nitrogens with one attached hydrogen (secondary N) is 1. The lowest BCUT2D eigenvalue weighted by Gasteiger charge is -2.35. The third kappa shape index (κ3) is 7.39. The van der Waals surface area contributed by atoms with Crippen molar-refractivity contribution in [1.29, 1.82) is 0 Å². The minimum absolute atomic E-state index is 0.508. The van der Waals surface area contributed by atoms with Crippen molar-refractivity contribution in [3.63, 3.8) is 0 Å². The fourth-order valence-electron chi connectivity index (χ4n) is 2.89. The molecule has 0 bridgehead atoms. The van der Waals surface area contributed by atoms with E-state index in [4.69, 9.17) is 5.11 Å². The highest BCUT2D eigenvalue weighted by atomic mass is 28.3. The minimum Gasteiger partial charge on any atom is -0.464 e. The Balaban J connectivity index is 5.72. The lowest BCUT2D eigenvalue weighted by molar-refractivity contribution is 0.0651. The van der Waals surface area contributed by atoms with Crippen LogP contribution in [0, 0.1) is 11.5 Å². The second-order valence-corrected chi connectivity index (χ2v) is 11.6. The molecular formula is C18H34N2O4Si. The topological polar surface area (TPSA) is 89.9 Å². The number of hydrogen-bond donors (Lipinski definition) is 3. The first-order valence-electron chi connectivity index (χ1n) is 9.27. The summed E-state index contributed by atoms with van der Waals surface area (Å²) in [6.45, 7) is 10.2. The van der Waals surface area contributed by atoms with Crippen LogP contribution < -0.4 is 5.43 Å². The highest BCUT2D eigenvalue weighted by Gasteiger charge is 2.36. The first kappa shape index (κ1) is 23.3. The highest BCUT2D eigenvalue weighted by molar-refractivity contribution is 6.87. The quantitative estimate of drug-likeness (QED) is 0.232. The summed E-state index contributed by atoms with van der Waals surface area (Å²) in [5, 5.41) is 19.3. The van der Waals surface area contributed by atoms with Gasteiger partial charge in [0.05, 0.1) is 0 Å². The zero-order valence-electron chi connectivity index (χ0n) is 16.3. The normalized spacial score (nSPS) is 13.3. The molecule has 0 aromatic carbocycles. The Labute approximate surface area is 153 Å². The van der Waals surface area contributed by atoms with Crippen molar-refractivity contribution in [3.05, 3.63) is 0 Å². The van der Waals surface area contributed by atoms with Gasteiger partial charge in [0.25, 0.3) is 0 Å². The molecule has 6 nitrogen and oxygen atoms in total. The smallest absolute Gasteiger partial charge is 0.427 e. The number of rotatable bonds is 9. The molecule has 144 valence electrons. The molecule has 0 aromatic rings. The summed E-state index contributed by atoms with van der Waals surface area (Å²) in [6, 6.07) is 3.04. The van der Waals surface area contributed by atoms with Gasteiger partial charge in [0.15, 0.2) is 0 Å². The summed E-state index contributed by atoms with van der Waals surface area (Å²) in [5.41, 5.74) is 4.38. The first-order valence-corrected chi connectivity index (χ1v) is 11.9. The zero-order chi connectivity index (χ0) is 19.5. The Morgan fingerprint density at radius 1 is 1.04 bits per heavy atom. The molecule has 0 spiro atoms. The Bertz CT molecular complexity index is 489. The van der Waals surface area contributed by atoms with Crippen molar-refractivity contribution >= 4 is 20.3 Å². The average molecular weight is 371 g/mol. The molecule has 3 N–H and O–H groups in total. The zero-order valence-corrected chi connectivity index (χ0v) is 17.3. The van der Waals surface area contributed by atoms with E-state index in [2.05, 4.69) is 39.2 Å². The molecule has 0 aliphatic carbocycles. The molecule has 0 aromatic heterocycles. The van der Waals surface area contributed by atoms with Crippen LogP contribution in [0.5, 0.6) is 0 Å². The van der Waals surface area contributed by atoms with E-state index in [1.165, 1.54) is 0 Å². The van der Waals surface area contributed by atoms with Gasteiger partial charge in [-0.2, -0.15) is 5.01 Å². The number of amides is 2. The number of carbonyl (C=O) groups is 2. The third-order valence-corrected chi connectivity index (χ3v) is 9.75. The molecule has 0 aliphatic rings. The van der Waals surface area contributed by atoms with Crippen molar-refractivity contribution in [2.45, 2.75) is 90.4 Å². The Kier molecular flexibility index (Phi) is 10.3. The maximum atomic E-state index is 11.6. The maximum Gasteiger partial charge on any atom is 0.427 e. The molecule has 7 heteroatoms. The lowest BCUT2D eigenvalue weighted by Crippen LogP contribution is -2.57. The number of hydrazine groups is 1. The van der Waals surface area contributed by atoms with Gasteiger partial charge in [-0.15, -0.1) is 5.54 Å². The van der Waals surface area contributed by atoms with Crippen LogP contribution in [0.25, 0.3) is 0 Å². The minimum atomic E-state index is -1.76. The number of hydrogen-bond acceptors (Lipinski definition) is 2. The van der Waals surface area contributed by atoms with Crippen LogP contribution in [0.4, 0.5) is 9.59 Å². The van der Waals surface area contributed by atoms with Crippen molar-refractivity contribution in [2.24, 2.45) is 0 Å². The summed E-state index contributed by atoms with van der Waals surface area (Å²) in [5.74, 6) is 3.18. The predicted molar refractivity (Wildman–Crippen MR) is 103 cm³/mol. The fourth-order valence-corrected chi connectivity index (χ4v) is 5.45. The molecule has 0 fully saturated rings. The molecule has 0 radical (unpaired) electrons. The Morgan fingerprint density at radius 3 is 2.00 bits per heavy atom. The number of unbranched alkanes of at least 4 members (excludes halogenated alkanes) is 3. The molecule has 25 heavy (non-hydrogen) atoms. The van der Waals surface area contributed by atoms with Crippen LogP contribution in [0.2, 0.25) is 18.1 Å². The van der Waals surface area contributed by atoms with Gasteiger partial charge >= 0.3 is 12.2 Å². The predicted octanol–water partition coefficient (Wildman–Crippen LogP) is 4.93. The van der Waals surface area contributed by atoms with Gasteiger partial charge in [0.2, 0.25) is 0 Å². The van der Waals surface area contributed by atoms with Gasteiger partial charge in [0.1, 0.15) is 13.6 Å². The van der Waals surface area contributed by atoms with Gasteiger partial charge in [-0.3, -0.25) is 0 Å². The molecule has 1 atom stereocenters. The molecule has 1 unspecified atom stereocenters. The molecule has 0 aliphatic heterocycles. The molecule has 0 saturated carbocycles. The summed E-state index contributed by atoms with van der Waals surface area (Å²) in [6.07, 6.45) is 1.72. The van der Waals surface area contributed by atoms with E-state index in [9.17, 15) is 14.7 Å². The van der Waals surface area contributed by atoms with Crippen molar-refractivity contribution < 1.29 is 19.8 Å². The van der Waals surface area contributed by atoms with Crippen LogP contribution in [0.15, 0.2) is 0 Å². The van der Waals surface area contributed by atoms with Crippen molar-refractivity contribution in [1.82, 2.24) is 10.4 Å². The molecular weight excluding hydrogens is 336 g/mol. The monoisotopic (exact) mass is 370 g/mol. The Hall–Kier alpha value is -1.68. The highest BCUT2D eigenvalue weighted by Crippen LogP contribution is 2.24. The summed E-state index contributed by atoms with van der Waals surface area (Å²) >= 11 is 0. The van der Waals surface area contributed by atoms with Gasteiger partial charge in [-0.25, -0.2) is 15.0 Å². The molecule has 0 heterocycles. The van der Waals surface area contributed by atoms with Gasteiger partial charge < -0.3 is 10.2 Å².